The van der Waals surface area contributed by atoms with Crippen molar-refractivity contribution in [3.8, 4) is 17.2 Å². The van der Waals surface area contributed by atoms with Crippen molar-refractivity contribution in [1.82, 2.24) is 10.6 Å². The quantitative estimate of drug-likeness (QED) is 0.724. The van der Waals surface area contributed by atoms with Crippen molar-refractivity contribution in [1.29, 1.82) is 0 Å². The van der Waals surface area contributed by atoms with Crippen LogP contribution in [0, 0.1) is 0 Å². The number of hydrogen-bond donors (Lipinski definition) is 2. The van der Waals surface area contributed by atoms with E-state index in [9.17, 15) is 14.4 Å². The number of nitrogens with one attached hydrogen (secondary N) is 2. The SMILES string of the molecule is CNC(=O)NC(=O)COC(=O)c1ccc(OC)c(OC)c1OC. The summed E-state index contributed by atoms with van der Waals surface area (Å²) in [6, 6.07) is 2.22. The number of esters is 1. The van der Waals surface area contributed by atoms with E-state index in [0.29, 0.717) is 5.75 Å². The number of rotatable bonds is 6. The topological polar surface area (TPSA) is 112 Å². The zero-order chi connectivity index (χ0) is 17.4. The number of imide groups is 1. The van der Waals surface area contributed by atoms with Crippen LogP contribution < -0.4 is 24.8 Å². The lowest BCUT2D eigenvalue weighted by Gasteiger charge is -2.15. The van der Waals surface area contributed by atoms with Gasteiger partial charge in [0.1, 0.15) is 5.56 Å². The summed E-state index contributed by atoms with van der Waals surface area (Å²) >= 11 is 0. The molecule has 0 aliphatic carbocycles. The van der Waals surface area contributed by atoms with Gasteiger partial charge in [-0.2, -0.15) is 0 Å². The summed E-state index contributed by atoms with van der Waals surface area (Å²) in [4.78, 5) is 34.4. The summed E-state index contributed by atoms with van der Waals surface area (Å²) in [6.45, 7) is -0.621. The minimum absolute atomic E-state index is 0.0536. The summed E-state index contributed by atoms with van der Waals surface area (Å²) in [5.41, 5.74) is 0.0536. The molecule has 0 heterocycles. The number of benzene rings is 1. The van der Waals surface area contributed by atoms with Crippen LogP contribution in [0.5, 0.6) is 17.2 Å². The Morgan fingerprint density at radius 1 is 1.00 bits per heavy atom. The van der Waals surface area contributed by atoms with Gasteiger partial charge < -0.3 is 24.3 Å². The second-order valence-electron chi connectivity index (χ2n) is 4.09. The van der Waals surface area contributed by atoms with Gasteiger partial charge in [-0.3, -0.25) is 10.1 Å². The predicted molar refractivity (Wildman–Crippen MR) is 79.0 cm³/mol. The molecule has 0 aliphatic rings. The van der Waals surface area contributed by atoms with E-state index >= 15 is 0 Å². The minimum Gasteiger partial charge on any atom is -0.493 e. The zero-order valence-electron chi connectivity index (χ0n) is 13.2. The Labute approximate surface area is 132 Å². The first kappa shape index (κ1) is 18.1. The second kappa shape index (κ2) is 8.47. The highest BCUT2D eigenvalue weighted by Crippen LogP contribution is 2.39. The fourth-order valence-corrected chi connectivity index (χ4v) is 1.70. The van der Waals surface area contributed by atoms with E-state index < -0.39 is 24.5 Å². The molecule has 0 aromatic heterocycles. The monoisotopic (exact) mass is 326 g/mol. The zero-order valence-corrected chi connectivity index (χ0v) is 13.2. The van der Waals surface area contributed by atoms with Crippen LogP contribution in [0.2, 0.25) is 0 Å². The number of carbonyl (C=O) groups is 3. The minimum atomic E-state index is -0.810. The van der Waals surface area contributed by atoms with Gasteiger partial charge in [-0.05, 0) is 12.1 Å². The molecule has 0 aliphatic heterocycles. The van der Waals surface area contributed by atoms with E-state index in [1.54, 1.807) is 0 Å². The summed E-state index contributed by atoms with van der Waals surface area (Å²) in [5, 5.41) is 4.16. The maximum absolute atomic E-state index is 12.1. The highest BCUT2D eigenvalue weighted by Gasteiger charge is 2.22. The largest absolute Gasteiger partial charge is 0.493 e. The number of amides is 3. The molecule has 0 radical (unpaired) electrons. The molecule has 23 heavy (non-hydrogen) atoms. The molecular weight excluding hydrogens is 308 g/mol. The average Bonchev–Trinajstić information content (AvgIpc) is 2.57. The number of ether oxygens (including phenoxy) is 4. The van der Waals surface area contributed by atoms with E-state index in [2.05, 4.69) is 5.32 Å². The molecule has 3 amide bonds. The first-order chi connectivity index (χ1) is 11.0. The van der Waals surface area contributed by atoms with Gasteiger partial charge in [0.25, 0.3) is 5.91 Å². The van der Waals surface area contributed by atoms with Crippen molar-refractivity contribution in [3.63, 3.8) is 0 Å². The van der Waals surface area contributed by atoms with Gasteiger partial charge in [-0.15, -0.1) is 0 Å². The third-order valence-corrected chi connectivity index (χ3v) is 2.74. The summed E-state index contributed by atoms with van der Waals surface area (Å²) in [7, 11) is 5.54. The Morgan fingerprint density at radius 2 is 1.65 bits per heavy atom. The summed E-state index contributed by atoms with van der Waals surface area (Å²) in [5.74, 6) is -0.868. The van der Waals surface area contributed by atoms with Crippen molar-refractivity contribution >= 4 is 17.9 Å². The Balaban J connectivity index is 2.88. The number of urea groups is 1. The third kappa shape index (κ3) is 4.50. The van der Waals surface area contributed by atoms with E-state index in [4.69, 9.17) is 18.9 Å². The molecule has 9 nitrogen and oxygen atoms in total. The predicted octanol–water partition coefficient (Wildman–Crippen LogP) is 0.325. The maximum Gasteiger partial charge on any atom is 0.342 e. The van der Waals surface area contributed by atoms with Crippen molar-refractivity contribution in [2.75, 3.05) is 35.0 Å². The Hall–Kier alpha value is -2.97. The lowest BCUT2D eigenvalue weighted by Crippen LogP contribution is -2.39. The van der Waals surface area contributed by atoms with Gasteiger partial charge in [-0.1, -0.05) is 0 Å². The molecule has 9 heteroatoms. The smallest absolute Gasteiger partial charge is 0.342 e. The Morgan fingerprint density at radius 3 is 2.17 bits per heavy atom. The van der Waals surface area contributed by atoms with Gasteiger partial charge in [0.15, 0.2) is 18.1 Å². The van der Waals surface area contributed by atoms with Crippen LogP contribution in [-0.4, -0.2) is 52.9 Å². The molecule has 0 saturated carbocycles. The van der Waals surface area contributed by atoms with Crippen LogP contribution in [0.4, 0.5) is 4.79 Å². The van der Waals surface area contributed by atoms with Crippen molar-refractivity contribution < 1.29 is 33.3 Å². The van der Waals surface area contributed by atoms with Gasteiger partial charge in [0.2, 0.25) is 5.75 Å². The lowest BCUT2D eigenvalue weighted by molar-refractivity contribution is -0.123. The molecular formula is C14H18N2O7. The van der Waals surface area contributed by atoms with Crippen LogP contribution in [0.1, 0.15) is 10.4 Å². The van der Waals surface area contributed by atoms with Crippen LogP contribution in [0.15, 0.2) is 12.1 Å². The molecule has 2 N–H and O–H groups in total. The first-order valence-corrected chi connectivity index (χ1v) is 6.46. The normalized spacial score (nSPS) is 9.57. The summed E-state index contributed by atoms with van der Waals surface area (Å²) in [6.07, 6.45) is 0. The van der Waals surface area contributed by atoms with Crippen LogP contribution >= 0.6 is 0 Å². The molecule has 0 unspecified atom stereocenters. The fourth-order valence-electron chi connectivity index (χ4n) is 1.70. The van der Waals surface area contributed by atoms with Crippen LogP contribution in [0.3, 0.4) is 0 Å². The number of carbonyl (C=O) groups excluding carboxylic acids is 3. The highest BCUT2D eigenvalue weighted by atomic mass is 16.5. The fraction of sp³-hybridized carbons (Fsp3) is 0.357. The molecule has 1 rings (SSSR count). The van der Waals surface area contributed by atoms with Crippen molar-refractivity contribution in [2.45, 2.75) is 0 Å². The molecule has 0 saturated heterocycles. The van der Waals surface area contributed by atoms with Crippen molar-refractivity contribution in [2.24, 2.45) is 0 Å². The first-order valence-electron chi connectivity index (χ1n) is 6.46. The number of hydrogen-bond acceptors (Lipinski definition) is 7. The molecule has 126 valence electrons. The average molecular weight is 326 g/mol. The highest BCUT2D eigenvalue weighted by molar-refractivity contribution is 5.98. The van der Waals surface area contributed by atoms with Crippen molar-refractivity contribution in [3.05, 3.63) is 17.7 Å². The molecule has 0 bridgehead atoms. The van der Waals surface area contributed by atoms with Gasteiger partial charge in [-0.25, -0.2) is 9.59 Å². The van der Waals surface area contributed by atoms with E-state index in [1.165, 1.54) is 40.5 Å². The van der Waals surface area contributed by atoms with Gasteiger partial charge in [0.05, 0.1) is 21.3 Å². The van der Waals surface area contributed by atoms with E-state index in [-0.39, 0.29) is 17.1 Å². The molecule has 0 spiro atoms. The molecule has 1 aromatic carbocycles. The number of methoxy groups -OCH3 is 3. The van der Waals surface area contributed by atoms with Crippen LogP contribution in [-0.2, 0) is 9.53 Å². The summed E-state index contributed by atoms with van der Waals surface area (Å²) < 4.78 is 20.2. The standard InChI is InChI=1S/C14H18N2O7/c1-15-14(19)16-10(17)7-23-13(18)8-5-6-9(20-2)12(22-4)11(8)21-3/h5-6H,7H2,1-4H3,(H2,15,16,17,19). The van der Waals surface area contributed by atoms with E-state index in [1.807, 2.05) is 5.32 Å². The Bertz CT molecular complexity index is 601. The van der Waals surface area contributed by atoms with E-state index in [0.717, 1.165) is 0 Å². The third-order valence-electron chi connectivity index (χ3n) is 2.74. The van der Waals surface area contributed by atoms with Gasteiger partial charge >= 0.3 is 12.0 Å². The maximum atomic E-state index is 12.1. The van der Waals surface area contributed by atoms with Crippen LogP contribution in [0.25, 0.3) is 0 Å². The molecule has 1 aromatic rings. The molecule has 0 fully saturated rings. The van der Waals surface area contributed by atoms with Gasteiger partial charge in [0, 0.05) is 7.05 Å². The Kier molecular flexibility index (Phi) is 6.66. The second-order valence-corrected chi connectivity index (χ2v) is 4.09. The lowest BCUT2D eigenvalue weighted by atomic mass is 10.1. The molecule has 0 atom stereocenters.